The van der Waals surface area contributed by atoms with Crippen LogP contribution in [0.2, 0.25) is 0 Å². The van der Waals surface area contributed by atoms with Crippen LogP contribution in [-0.2, 0) is 32.7 Å². The third-order valence-electron chi connectivity index (χ3n) is 6.64. The Hall–Kier alpha value is -2.77. The van der Waals surface area contributed by atoms with E-state index in [4.69, 9.17) is 14.0 Å². The Bertz CT molecular complexity index is 1040. The summed E-state index contributed by atoms with van der Waals surface area (Å²) < 4.78 is 31.6. The summed E-state index contributed by atoms with van der Waals surface area (Å²) in [5.74, 6) is -0.981. The van der Waals surface area contributed by atoms with Crippen molar-refractivity contribution in [1.29, 1.82) is 0 Å². The van der Waals surface area contributed by atoms with Crippen LogP contribution in [0.25, 0.3) is 0 Å². The zero-order valence-corrected chi connectivity index (χ0v) is 30.0. The van der Waals surface area contributed by atoms with Gasteiger partial charge in [0.25, 0.3) is 0 Å². The third kappa shape index (κ3) is 32.9. The van der Waals surface area contributed by atoms with E-state index in [9.17, 15) is 19.0 Å². The fourth-order valence-electron chi connectivity index (χ4n) is 4.00. The molecule has 0 aromatic carbocycles. The summed E-state index contributed by atoms with van der Waals surface area (Å²) in [4.78, 5) is 34.2. The lowest BCUT2D eigenvalue weighted by Crippen LogP contribution is -2.29. The maximum Gasteiger partial charge on any atom is 0.472 e. The van der Waals surface area contributed by atoms with Crippen LogP contribution in [0.1, 0.15) is 117 Å². The van der Waals surface area contributed by atoms with Gasteiger partial charge in [-0.2, -0.15) is 0 Å². The van der Waals surface area contributed by atoms with E-state index < -0.39 is 32.5 Å². The molecule has 0 saturated carbocycles. The van der Waals surface area contributed by atoms with Crippen LogP contribution in [0.4, 0.5) is 0 Å². The number of phosphoric acid groups is 1. The van der Waals surface area contributed by atoms with Crippen LogP contribution in [0, 0.1) is 0 Å². The lowest BCUT2D eigenvalue weighted by Gasteiger charge is -2.19. The van der Waals surface area contributed by atoms with E-state index in [1.165, 1.54) is 6.42 Å². The quantitative estimate of drug-likeness (QED) is 0.0347. The number of esters is 2. The highest BCUT2D eigenvalue weighted by Gasteiger charge is 2.24. The molecule has 0 fully saturated rings. The maximum absolute atomic E-state index is 12.4. The van der Waals surface area contributed by atoms with Crippen molar-refractivity contribution in [2.75, 3.05) is 20.3 Å². The largest absolute Gasteiger partial charge is 0.472 e. The number of ether oxygens (including phenoxy) is 2. The highest BCUT2D eigenvalue weighted by molar-refractivity contribution is 7.47. The molecule has 266 valence electrons. The first-order chi connectivity index (χ1) is 22.8. The van der Waals surface area contributed by atoms with E-state index in [0.29, 0.717) is 12.8 Å². The van der Waals surface area contributed by atoms with E-state index in [2.05, 4.69) is 85.2 Å². The fraction of sp³-hybridized carbons (Fsp3) is 0.579. The minimum absolute atomic E-state index is 0.00479. The van der Waals surface area contributed by atoms with Gasteiger partial charge < -0.3 is 14.4 Å². The molecule has 0 aliphatic heterocycles. The van der Waals surface area contributed by atoms with Gasteiger partial charge in [-0.05, 0) is 64.2 Å². The molecule has 0 rings (SSSR count). The van der Waals surface area contributed by atoms with Gasteiger partial charge in [0.2, 0.25) is 0 Å². The van der Waals surface area contributed by atoms with Gasteiger partial charge in [-0.15, -0.1) is 0 Å². The molecule has 0 amide bonds. The number of carbonyl (C=O) groups excluding carboxylic acids is 2. The first-order valence-electron chi connectivity index (χ1n) is 17.3. The molecule has 2 unspecified atom stereocenters. The predicted octanol–water partition coefficient (Wildman–Crippen LogP) is 10.4. The Labute approximate surface area is 285 Å². The topological polar surface area (TPSA) is 108 Å². The van der Waals surface area contributed by atoms with Gasteiger partial charge in [0.1, 0.15) is 6.61 Å². The molecule has 0 aromatic rings. The minimum Gasteiger partial charge on any atom is -0.462 e. The number of carbonyl (C=O) groups is 2. The molecule has 1 N–H and O–H groups in total. The Balaban J connectivity index is 4.31. The Morgan fingerprint density at radius 1 is 0.638 bits per heavy atom. The molecule has 47 heavy (non-hydrogen) atoms. The van der Waals surface area contributed by atoms with Crippen molar-refractivity contribution in [3.05, 3.63) is 85.1 Å². The SMILES string of the molecule is CC/C=C\C/C=C\C/C=C\C/C=C\C/C=C\CC(=O)OC(COC(=O)CCCCCCC/C=C\C/C=C\CCC)COP(=O)(O)OC. The number of hydrogen-bond donors (Lipinski definition) is 1. The number of allylic oxidation sites excluding steroid dienone is 13. The lowest BCUT2D eigenvalue weighted by molar-refractivity contribution is -0.160. The van der Waals surface area contributed by atoms with Crippen molar-refractivity contribution in [3.63, 3.8) is 0 Å². The first-order valence-corrected chi connectivity index (χ1v) is 18.8. The Morgan fingerprint density at radius 3 is 1.72 bits per heavy atom. The number of rotatable bonds is 30. The van der Waals surface area contributed by atoms with Gasteiger partial charge in [-0.3, -0.25) is 18.6 Å². The number of phosphoric ester groups is 1. The summed E-state index contributed by atoms with van der Waals surface area (Å²) in [6.45, 7) is 3.57. The van der Waals surface area contributed by atoms with Crippen LogP contribution in [0.5, 0.6) is 0 Å². The molecule has 0 radical (unpaired) electrons. The molecular weight excluding hydrogens is 615 g/mol. The van der Waals surface area contributed by atoms with Crippen molar-refractivity contribution >= 4 is 19.8 Å². The maximum atomic E-state index is 12.4. The predicted molar refractivity (Wildman–Crippen MR) is 193 cm³/mol. The molecule has 2 atom stereocenters. The molecule has 0 aromatic heterocycles. The number of hydrogen-bond acceptors (Lipinski definition) is 7. The van der Waals surface area contributed by atoms with E-state index in [-0.39, 0.29) is 19.4 Å². The summed E-state index contributed by atoms with van der Waals surface area (Å²) in [5.41, 5.74) is 0. The van der Waals surface area contributed by atoms with E-state index >= 15 is 0 Å². The van der Waals surface area contributed by atoms with Gasteiger partial charge in [0, 0.05) is 13.5 Å². The second kappa shape index (κ2) is 33.1. The molecule has 0 saturated heterocycles. The van der Waals surface area contributed by atoms with Crippen LogP contribution in [-0.4, -0.2) is 43.3 Å². The molecule has 0 aliphatic carbocycles. The zero-order valence-electron chi connectivity index (χ0n) is 29.1. The van der Waals surface area contributed by atoms with Crippen molar-refractivity contribution < 1.29 is 37.6 Å². The van der Waals surface area contributed by atoms with E-state index in [0.717, 1.165) is 77.7 Å². The number of unbranched alkanes of at least 4 members (excludes halogenated alkanes) is 6. The summed E-state index contributed by atoms with van der Waals surface area (Å²) in [6.07, 6.45) is 42.3. The molecule has 9 heteroatoms. The summed E-state index contributed by atoms with van der Waals surface area (Å²) >= 11 is 0. The Morgan fingerprint density at radius 2 is 1.15 bits per heavy atom. The summed E-state index contributed by atoms with van der Waals surface area (Å²) in [7, 11) is -3.25. The lowest BCUT2D eigenvalue weighted by atomic mass is 10.1. The van der Waals surface area contributed by atoms with Gasteiger partial charge in [0.15, 0.2) is 6.10 Å². The molecule has 8 nitrogen and oxygen atoms in total. The van der Waals surface area contributed by atoms with Crippen molar-refractivity contribution in [2.24, 2.45) is 0 Å². The van der Waals surface area contributed by atoms with Gasteiger partial charge in [-0.1, -0.05) is 125 Å². The van der Waals surface area contributed by atoms with Gasteiger partial charge in [0.05, 0.1) is 13.0 Å². The smallest absolute Gasteiger partial charge is 0.462 e. The van der Waals surface area contributed by atoms with Crippen LogP contribution in [0.15, 0.2) is 85.1 Å². The van der Waals surface area contributed by atoms with E-state index in [1.54, 1.807) is 6.08 Å². The average Bonchev–Trinajstić information content (AvgIpc) is 3.06. The van der Waals surface area contributed by atoms with Crippen molar-refractivity contribution in [1.82, 2.24) is 0 Å². The van der Waals surface area contributed by atoms with Crippen molar-refractivity contribution in [2.45, 2.75) is 123 Å². The Kier molecular flexibility index (Phi) is 31.2. The van der Waals surface area contributed by atoms with Crippen LogP contribution >= 0.6 is 7.82 Å². The molecule has 0 bridgehead atoms. The second-order valence-corrected chi connectivity index (χ2v) is 12.5. The summed E-state index contributed by atoms with van der Waals surface area (Å²) in [5, 5.41) is 0. The average molecular weight is 677 g/mol. The first kappa shape index (κ1) is 44.2. The fourth-order valence-corrected chi connectivity index (χ4v) is 4.46. The monoisotopic (exact) mass is 676 g/mol. The molecule has 0 aliphatic rings. The highest BCUT2D eigenvalue weighted by Crippen LogP contribution is 2.42. The molecule has 0 spiro atoms. The summed E-state index contributed by atoms with van der Waals surface area (Å²) in [6, 6.07) is 0. The van der Waals surface area contributed by atoms with Crippen LogP contribution < -0.4 is 0 Å². The van der Waals surface area contributed by atoms with Crippen LogP contribution in [0.3, 0.4) is 0 Å². The molecule has 0 heterocycles. The standard InChI is InChI=1S/C38H61O8P/c1-4-6-8-10-12-14-16-18-19-21-23-25-27-29-31-33-38(40)46-36(35-45-47(41,42)43-3)34-44-37(39)32-30-28-26-24-22-20-17-15-13-11-9-7-5-2/h6,8-9,11-12,14-15,17-19,23,25,29,31,36H,4-5,7,10,13,16,20-22,24,26-28,30,32-35H2,1-3H3,(H,41,42)/b8-6-,11-9-,14-12-,17-15-,19-18-,25-23-,31-29-. The van der Waals surface area contributed by atoms with Crippen molar-refractivity contribution in [3.8, 4) is 0 Å². The third-order valence-corrected chi connectivity index (χ3v) is 7.57. The minimum atomic E-state index is -4.29. The molecular formula is C38H61O8P. The van der Waals surface area contributed by atoms with E-state index in [1.807, 2.05) is 12.2 Å². The van der Waals surface area contributed by atoms with Gasteiger partial charge >= 0.3 is 19.8 Å². The normalized spacial score (nSPS) is 14.6. The zero-order chi connectivity index (χ0) is 34.7. The van der Waals surface area contributed by atoms with Gasteiger partial charge in [-0.25, -0.2) is 4.57 Å². The second-order valence-electron chi connectivity index (χ2n) is 10.9. The highest BCUT2D eigenvalue weighted by atomic mass is 31.2.